The number of ether oxygens (including phenoxy) is 2. The van der Waals surface area contributed by atoms with E-state index < -0.39 is 32.5 Å². The fourth-order valence-corrected chi connectivity index (χ4v) is 5.97. The average Bonchev–Trinajstić information content (AvgIpc) is 3.15. The van der Waals surface area contributed by atoms with E-state index in [0.29, 0.717) is 23.9 Å². The summed E-state index contributed by atoms with van der Waals surface area (Å²) in [6, 6.07) is 0. The zero-order valence-corrected chi connectivity index (χ0v) is 37.2. The summed E-state index contributed by atoms with van der Waals surface area (Å²) in [5, 5.41) is 0. The number of likely N-dealkylation sites (N-methyl/N-ethyl adjacent to an activating group) is 1. The van der Waals surface area contributed by atoms with Crippen LogP contribution < -0.4 is 0 Å². The molecule has 326 valence electrons. The molecule has 0 amide bonds. The Morgan fingerprint density at radius 3 is 1.72 bits per heavy atom. The molecule has 0 aromatic carbocycles. The molecule has 0 heterocycles. The van der Waals surface area contributed by atoms with Gasteiger partial charge in [-0.25, -0.2) is 4.57 Å². The Morgan fingerprint density at radius 2 is 1.12 bits per heavy atom. The molecule has 0 bridgehead atoms. The second-order valence-corrected chi connectivity index (χ2v) is 16.9. The van der Waals surface area contributed by atoms with Crippen molar-refractivity contribution in [2.24, 2.45) is 0 Å². The molecular weight excluding hydrogens is 741 g/mol. The molecule has 57 heavy (non-hydrogen) atoms. The van der Waals surface area contributed by atoms with Gasteiger partial charge in [-0.1, -0.05) is 126 Å². The van der Waals surface area contributed by atoms with E-state index >= 15 is 0 Å². The number of hydrogen-bond acceptors (Lipinski definition) is 8. The summed E-state index contributed by atoms with van der Waals surface area (Å²) in [6.07, 6.45) is 42.4. The molecule has 11 heteroatoms. The fourth-order valence-electron chi connectivity index (χ4n) is 5.23. The number of rotatable bonds is 38. The first kappa shape index (κ1) is 54.1. The number of carbonyl (C=O) groups excluding carboxylic acids is 3. The number of ketones is 1. The monoisotopic (exact) mass is 821 g/mol. The maximum atomic E-state index is 12.7. The zero-order valence-electron chi connectivity index (χ0n) is 36.3. The lowest BCUT2D eigenvalue weighted by molar-refractivity contribution is -0.870. The van der Waals surface area contributed by atoms with E-state index in [9.17, 15) is 23.8 Å². The molecular formula is C46H79NO9P+. The Balaban J connectivity index is 4.61. The van der Waals surface area contributed by atoms with Crippen molar-refractivity contribution in [1.82, 2.24) is 0 Å². The highest BCUT2D eigenvalue weighted by Crippen LogP contribution is 2.43. The van der Waals surface area contributed by atoms with Gasteiger partial charge in [-0.15, -0.1) is 0 Å². The van der Waals surface area contributed by atoms with Crippen LogP contribution in [0.1, 0.15) is 149 Å². The van der Waals surface area contributed by atoms with Crippen molar-refractivity contribution in [2.45, 2.75) is 155 Å². The van der Waals surface area contributed by atoms with E-state index in [1.54, 1.807) is 6.08 Å². The molecule has 0 spiro atoms. The molecule has 2 atom stereocenters. The van der Waals surface area contributed by atoms with E-state index in [0.717, 1.165) is 64.2 Å². The molecule has 1 N–H and O–H groups in total. The van der Waals surface area contributed by atoms with Gasteiger partial charge >= 0.3 is 19.8 Å². The van der Waals surface area contributed by atoms with E-state index in [1.165, 1.54) is 44.6 Å². The van der Waals surface area contributed by atoms with Gasteiger partial charge in [0.05, 0.1) is 27.7 Å². The van der Waals surface area contributed by atoms with Crippen LogP contribution in [0.4, 0.5) is 0 Å². The van der Waals surface area contributed by atoms with Crippen LogP contribution in [0.15, 0.2) is 72.9 Å². The average molecular weight is 821 g/mol. The number of carbonyl (C=O) groups is 3. The Morgan fingerprint density at radius 1 is 0.596 bits per heavy atom. The van der Waals surface area contributed by atoms with E-state index in [-0.39, 0.29) is 38.3 Å². The zero-order chi connectivity index (χ0) is 42.3. The first-order chi connectivity index (χ1) is 27.4. The van der Waals surface area contributed by atoms with Gasteiger partial charge in [-0.3, -0.25) is 23.4 Å². The third-order valence-corrected chi connectivity index (χ3v) is 9.67. The summed E-state index contributed by atoms with van der Waals surface area (Å²) >= 11 is 0. The summed E-state index contributed by atoms with van der Waals surface area (Å²) in [4.78, 5) is 47.5. The minimum Gasteiger partial charge on any atom is -0.462 e. The first-order valence-corrected chi connectivity index (χ1v) is 23.1. The smallest absolute Gasteiger partial charge is 0.462 e. The third-order valence-electron chi connectivity index (χ3n) is 8.69. The van der Waals surface area contributed by atoms with E-state index in [2.05, 4.69) is 62.5 Å². The Kier molecular flexibility index (Phi) is 35.5. The number of unbranched alkanes of at least 4 members (excludes halogenated alkanes) is 11. The van der Waals surface area contributed by atoms with Crippen molar-refractivity contribution in [2.75, 3.05) is 47.5 Å². The predicted octanol–water partition coefficient (Wildman–Crippen LogP) is 11.4. The van der Waals surface area contributed by atoms with Crippen LogP contribution in [-0.2, 0) is 37.5 Å². The molecule has 0 radical (unpaired) electrons. The standard InChI is InChI=1S/C46H78NO9P/c1-6-8-10-12-14-16-18-20-21-23-25-27-29-31-33-37-46(50)56-44(42-55-57(51,52)54-40-39-47(3,4)5)41-53-45(49)38-34-36-43(48)35-32-30-28-26-24-22-19-17-15-13-11-9-7-2/h14-17,20-22,24,28,30,32,35,44H,6-13,18-19,23,25-27,29,31,33-34,36-42H2,1-5H3/p+1/b16-14-,17-15-,21-20-,24-22-,30-28-,35-32+/t44-/m1/s1. The highest BCUT2D eigenvalue weighted by molar-refractivity contribution is 7.47. The quantitative estimate of drug-likeness (QED) is 0.0123. The van der Waals surface area contributed by atoms with Crippen molar-refractivity contribution < 1.29 is 46.8 Å². The van der Waals surface area contributed by atoms with Crippen LogP contribution >= 0.6 is 7.82 Å². The van der Waals surface area contributed by atoms with Crippen LogP contribution in [0.3, 0.4) is 0 Å². The lowest BCUT2D eigenvalue weighted by atomic mass is 10.1. The fraction of sp³-hybridized carbons (Fsp3) is 0.674. The molecule has 0 aromatic heterocycles. The molecule has 0 aliphatic carbocycles. The molecule has 0 aliphatic heterocycles. The van der Waals surface area contributed by atoms with Gasteiger partial charge in [0.15, 0.2) is 11.9 Å². The molecule has 0 aliphatic rings. The van der Waals surface area contributed by atoms with Gasteiger partial charge in [0, 0.05) is 19.3 Å². The topological polar surface area (TPSA) is 125 Å². The van der Waals surface area contributed by atoms with Crippen molar-refractivity contribution in [3.63, 3.8) is 0 Å². The lowest BCUT2D eigenvalue weighted by Crippen LogP contribution is -2.37. The number of allylic oxidation sites excluding steroid dienone is 12. The molecule has 0 aromatic rings. The van der Waals surface area contributed by atoms with Crippen molar-refractivity contribution in [3.8, 4) is 0 Å². The Hall–Kier alpha value is -2.88. The second kappa shape index (κ2) is 37.4. The molecule has 0 saturated carbocycles. The SMILES string of the molecule is CCCCC/C=C\C/C=C\C/C=C\C=C\C(=O)CCCC(=O)OC[C@H](COP(=O)(O)OCC[N+](C)(C)C)OC(=O)CCCCCCC/C=C\C/C=C\CCCCC. The van der Waals surface area contributed by atoms with Gasteiger partial charge in [0.25, 0.3) is 0 Å². The van der Waals surface area contributed by atoms with E-state index in [4.69, 9.17) is 18.5 Å². The van der Waals surface area contributed by atoms with Crippen LogP contribution in [0.25, 0.3) is 0 Å². The number of nitrogens with zero attached hydrogens (tertiary/aromatic N) is 1. The summed E-state index contributed by atoms with van der Waals surface area (Å²) in [6.45, 7) is 4.05. The summed E-state index contributed by atoms with van der Waals surface area (Å²) in [7, 11) is 1.33. The van der Waals surface area contributed by atoms with Crippen molar-refractivity contribution in [1.29, 1.82) is 0 Å². The summed E-state index contributed by atoms with van der Waals surface area (Å²) in [5.41, 5.74) is 0. The van der Waals surface area contributed by atoms with Gasteiger partial charge < -0.3 is 18.9 Å². The predicted molar refractivity (Wildman–Crippen MR) is 234 cm³/mol. The minimum absolute atomic E-state index is 0.00654. The summed E-state index contributed by atoms with van der Waals surface area (Å²) < 4.78 is 34.0. The van der Waals surface area contributed by atoms with Crippen LogP contribution in [-0.4, -0.2) is 80.7 Å². The molecule has 0 fully saturated rings. The van der Waals surface area contributed by atoms with Gasteiger partial charge in [-0.2, -0.15) is 0 Å². The Bertz CT molecular complexity index is 1260. The van der Waals surface area contributed by atoms with E-state index in [1.807, 2.05) is 33.3 Å². The van der Waals surface area contributed by atoms with Gasteiger partial charge in [0.1, 0.15) is 19.8 Å². The number of quaternary nitrogens is 1. The van der Waals surface area contributed by atoms with Crippen LogP contribution in [0.2, 0.25) is 0 Å². The second-order valence-electron chi connectivity index (χ2n) is 15.4. The molecule has 1 unspecified atom stereocenters. The molecule has 0 rings (SSSR count). The Labute approximate surface area is 346 Å². The van der Waals surface area contributed by atoms with Crippen LogP contribution in [0.5, 0.6) is 0 Å². The first-order valence-electron chi connectivity index (χ1n) is 21.6. The highest BCUT2D eigenvalue weighted by Gasteiger charge is 2.27. The highest BCUT2D eigenvalue weighted by atomic mass is 31.2. The normalized spacial score (nSPS) is 14.2. The molecule has 10 nitrogen and oxygen atoms in total. The third kappa shape index (κ3) is 41.1. The van der Waals surface area contributed by atoms with Crippen LogP contribution in [0, 0.1) is 0 Å². The number of esters is 2. The van der Waals surface area contributed by atoms with Gasteiger partial charge in [0.2, 0.25) is 0 Å². The largest absolute Gasteiger partial charge is 0.472 e. The number of phosphoric acid groups is 1. The summed E-state index contributed by atoms with van der Waals surface area (Å²) in [5.74, 6) is -1.18. The van der Waals surface area contributed by atoms with Crippen molar-refractivity contribution >= 4 is 25.5 Å². The molecule has 0 saturated heterocycles. The minimum atomic E-state index is -4.44. The maximum absolute atomic E-state index is 12.7. The number of hydrogen-bond donors (Lipinski definition) is 1. The number of phosphoric ester groups is 1. The maximum Gasteiger partial charge on any atom is 0.472 e. The van der Waals surface area contributed by atoms with Gasteiger partial charge in [-0.05, 0) is 76.7 Å². The lowest BCUT2D eigenvalue weighted by Gasteiger charge is -2.24. The van der Waals surface area contributed by atoms with Crippen molar-refractivity contribution in [3.05, 3.63) is 72.9 Å².